The summed E-state index contributed by atoms with van der Waals surface area (Å²) in [5.74, 6) is 0.736. The van der Waals surface area contributed by atoms with Crippen LogP contribution in [-0.4, -0.2) is 50.1 Å². The van der Waals surface area contributed by atoms with Gasteiger partial charge in [-0.15, -0.1) is 12.4 Å². The van der Waals surface area contributed by atoms with E-state index in [1.165, 1.54) is 0 Å². The van der Waals surface area contributed by atoms with Crippen LogP contribution < -0.4 is 10.6 Å². The lowest BCUT2D eigenvalue weighted by Crippen LogP contribution is -2.44. The normalized spacial score (nSPS) is 17.6. The minimum absolute atomic E-state index is 0. The molecule has 0 aromatic rings. The second kappa shape index (κ2) is 11.5. The van der Waals surface area contributed by atoms with E-state index in [1.54, 1.807) is 0 Å². The zero-order valence-electron chi connectivity index (χ0n) is 12.4. The second-order valence-corrected chi connectivity index (χ2v) is 5.39. The van der Waals surface area contributed by atoms with Gasteiger partial charge in [-0.1, -0.05) is 26.7 Å². The van der Waals surface area contributed by atoms with Crippen molar-refractivity contribution in [3.8, 4) is 0 Å². The molecule has 5 heteroatoms. The van der Waals surface area contributed by atoms with Gasteiger partial charge in [0.15, 0.2) is 0 Å². The van der Waals surface area contributed by atoms with Gasteiger partial charge in [-0.3, -0.25) is 4.79 Å². The molecular weight excluding hydrogens is 262 g/mol. The Balaban J connectivity index is 0.00000324. The maximum absolute atomic E-state index is 11.6. The van der Waals surface area contributed by atoms with Gasteiger partial charge in [-0.25, -0.2) is 0 Å². The van der Waals surface area contributed by atoms with E-state index in [0.29, 0.717) is 12.3 Å². The summed E-state index contributed by atoms with van der Waals surface area (Å²) in [6.45, 7) is 10.7. The molecule has 0 aliphatic carbocycles. The molecule has 114 valence electrons. The summed E-state index contributed by atoms with van der Waals surface area (Å²) in [5.41, 5.74) is 0. The average molecular weight is 292 g/mol. The molecule has 0 aromatic carbocycles. The highest BCUT2D eigenvalue weighted by molar-refractivity contribution is 5.85. The summed E-state index contributed by atoms with van der Waals surface area (Å²) in [4.78, 5) is 14.1. The molecule has 1 saturated heterocycles. The molecule has 1 atom stereocenters. The second-order valence-electron chi connectivity index (χ2n) is 5.39. The number of rotatable bonds is 8. The van der Waals surface area contributed by atoms with Gasteiger partial charge in [0.05, 0.1) is 0 Å². The summed E-state index contributed by atoms with van der Waals surface area (Å²) in [6.07, 6.45) is 4.06. The number of halogens is 1. The Labute approximate surface area is 124 Å². The standard InChI is InChI=1S/C14H29N3O.ClH/c1-3-5-13(2)12-14(18)16-6-4-9-17-10-7-15-8-11-17;/h13,15H,3-12H2,1-2H3,(H,16,18);1H. The number of nitrogens with one attached hydrogen (secondary N) is 2. The molecule has 4 nitrogen and oxygen atoms in total. The van der Waals surface area contributed by atoms with Crippen LogP contribution in [0.2, 0.25) is 0 Å². The van der Waals surface area contributed by atoms with Gasteiger partial charge in [-0.05, 0) is 18.9 Å². The highest BCUT2D eigenvalue weighted by Gasteiger charge is 2.10. The highest BCUT2D eigenvalue weighted by atomic mass is 35.5. The van der Waals surface area contributed by atoms with Crippen molar-refractivity contribution in [2.24, 2.45) is 5.92 Å². The number of amides is 1. The van der Waals surface area contributed by atoms with Crippen LogP contribution >= 0.6 is 12.4 Å². The van der Waals surface area contributed by atoms with Crippen molar-refractivity contribution in [2.45, 2.75) is 39.5 Å². The third-order valence-corrected chi connectivity index (χ3v) is 3.50. The Hall–Kier alpha value is -0.320. The van der Waals surface area contributed by atoms with Crippen molar-refractivity contribution in [3.63, 3.8) is 0 Å². The number of nitrogens with zero attached hydrogens (tertiary/aromatic N) is 1. The first-order valence-electron chi connectivity index (χ1n) is 7.42. The quantitative estimate of drug-likeness (QED) is 0.669. The highest BCUT2D eigenvalue weighted by Crippen LogP contribution is 2.09. The number of hydrogen-bond donors (Lipinski definition) is 2. The Morgan fingerprint density at radius 3 is 2.68 bits per heavy atom. The van der Waals surface area contributed by atoms with E-state index in [-0.39, 0.29) is 18.3 Å². The summed E-state index contributed by atoms with van der Waals surface area (Å²) in [7, 11) is 0. The zero-order valence-corrected chi connectivity index (χ0v) is 13.2. The van der Waals surface area contributed by atoms with E-state index in [1.807, 2.05) is 0 Å². The molecule has 1 rings (SSSR count). The SMILES string of the molecule is CCCC(C)CC(=O)NCCCN1CCNCC1.Cl. The van der Waals surface area contributed by atoms with Crippen LogP contribution in [0.15, 0.2) is 0 Å². The lowest BCUT2D eigenvalue weighted by atomic mass is 10.0. The maximum Gasteiger partial charge on any atom is 0.220 e. The first-order chi connectivity index (χ1) is 8.72. The van der Waals surface area contributed by atoms with Crippen LogP contribution in [0.4, 0.5) is 0 Å². The minimum atomic E-state index is 0. The van der Waals surface area contributed by atoms with Crippen LogP contribution in [0.3, 0.4) is 0 Å². The Bertz CT molecular complexity index is 233. The molecule has 0 saturated carbocycles. The average Bonchev–Trinajstić information content (AvgIpc) is 2.36. The summed E-state index contributed by atoms with van der Waals surface area (Å²) >= 11 is 0. The Morgan fingerprint density at radius 2 is 2.05 bits per heavy atom. The summed E-state index contributed by atoms with van der Waals surface area (Å²) < 4.78 is 0. The fourth-order valence-electron chi connectivity index (χ4n) is 2.45. The third kappa shape index (κ3) is 9.25. The van der Waals surface area contributed by atoms with E-state index in [4.69, 9.17) is 0 Å². The van der Waals surface area contributed by atoms with Gasteiger partial charge in [0, 0.05) is 39.1 Å². The summed E-state index contributed by atoms with van der Waals surface area (Å²) in [5, 5.41) is 6.38. The first-order valence-corrected chi connectivity index (χ1v) is 7.42. The van der Waals surface area contributed by atoms with Gasteiger partial charge in [0.1, 0.15) is 0 Å². The van der Waals surface area contributed by atoms with Crippen molar-refractivity contribution >= 4 is 18.3 Å². The van der Waals surface area contributed by atoms with E-state index >= 15 is 0 Å². The predicted octanol–water partition coefficient (Wildman–Crippen LogP) is 1.65. The topological polar surface area (TPSA) is 44.4 Å². The Kier molecular flexibility index (Phi) is 11.3. The number of carbonyl (C=O) groups excluding carboxylic acids is 1. The van der Waals surface area contributed by atoms with Crippen LogP contribution in [0.25, 0.3) is 0 Å². The van der Waals surface area contributed by atoms with E-state index in [9.17, 15) is 4.79 Å². The summed E-state index contributed by atoms with van der Waals surface area (Å²) in [6, 6.07) is 0. The smallest absolute Gasteiger partial charge is 0.220 e. The predicted molar refractivity (Wildman–Crippen MR) is 82.9 cm³/mol. The fourth-order valence-corrected chi connectivity index (χ4v) is 2.45. The van der Waals surface area contributed by atoms with Gasteiger partial charge < -0.3 is 15.5 Å². The molecule has 1 unspecified atom stereocenters. The van der Waals surface area contributed by atoms with E-state index in [0.717, 1.165) is 58.5 Å². The third-order valence-electron chi connectivity index (χ3n) is 3.50. The van der Waals surface area contributed by atoms with Crippen LogP contribution in [0, 0.1) is 5.92 Å². The van der Waals surface area contributed by atoms with Crippen LogP contribution in [0.1, 0.15) is 39.5 Å². The molecule has 1 aliphatic heterocycles. The van der Waals surface area contributed by atoms with Gasteiger partial charge >= 0.3 is 0 Å². The first kappa shape index (κ1) is 18.7. The largest absolute Gasteiger partial charge is 0.356 e. The van der Waals surface area contributed by atoms with Crippen molar-refractivity contribution in [1.82, 2.24) is 15.5 Å². The maximum atomic E-state index is 11.6. The van der Waals surface area contributed by atoms with Crippen molar-refractivity contribution in [1.29, 1.82) is 0 Å². The lowest BCUT2D eigenvalue weighted by molar-refractivity contribution is -0.121. The van der Waals surface area contributed by atoms with Crippen molar-refractivity contribution < 1.29 is 4.79 Å². The molecule has 1 heterocycles. The van der Waals surface area contributed by atoms with Crippen molar-refractivity contribution in [3.05, 3.63) is 0 Å². The van der Waals surface area contributed by atoms with Gasteiger partial charge in [0.2, 0.25) is 5.91 Å². The van der Waals surface area contributed by atoms with Gasteiger partial charge in [-0.2, -0.15) is 0 Å². The molecule has 1 amide bonds. The number of piperazine rings is 1. The van der Waals surface area contributed by atoms with Crippen LogP contribution in [0.5, 0.6) is 0 Å². The zero-order chi connectivity index (χ0) is 13.2. The molecular formula is C14H30ClN3O. The molecule has 0 aromatic heterocycles. The molecule has 0 radical (unpaired) electrons. The monoisotopic (exact) mass is 291 g/mol. The Morgan fingerprint density at radius 1 is 1.37 bits per heavy atom. The van der Waals surface area contributed by atoms with E-state index < -0.39 is 0 Å². The molecule has 2 N–H and O–H groups in total. The molecule has 0 bridgehead atoms. The number of carbonyl (C=O) groups is 1. The molecule has 19 heavy (non-hydrogen) atoms. The number of hydrogen-bond acceptors (Lipinski definition) is 3. The molecule has 0 spiro atoms. The van der Waals surface area contributed by atoms with Crippen molar-refractivity contribution in [2.75, 3.05) is 39.3 Å². The molecule has 1 aliphatic rings. The fraction of sp³-hybridized carbons (Fsp3) is 0.929. The van der Waals surface area contributed by atoms with Gasteiger partial charge in [0.25, 0.3) is 0 Å². The van der Waals surface area contributed by atoms with E-state index in [2.05, 4.69) is 29.4 Å². The lowest BCUT2D eigenvalue weighted by Gasteiger charge is -2.27. The minimum Gasteiger partial charge on any atom is -0.356 e. The molecule has 1 fully saturated rings. The van der Waals surface area contributed by atoms with Crippen LogP contribution in [-0.2, 0) is 4.79 Å².